The van der Waals surface area contributed by atoms with E-state index in [4.69, 9.17) is 16.7 Å². The molecule has 0 saturated heterocycles. The van der Waals surface area contributed by atoms with Crippen LogP contribution in [0.2, 0.25) is 5.02 Å². The Hall–Kier alpha value is -2.14. The van der Waals surface area contributed by atoms with E-state index >= 15 is 0 Å². The smallest absolute Gasteiger partial charge is 0.260 e. The van der Waals surface area contributed by atoms with Crippen molar-refractivity contribution in [3.05, 3.63) is 58.6 Å². The fourth-order valence-corrected chi connectivity index (χ4v) is 1.74. The number of carbonyl (C=O) groups is 1. The Morgan fingerprint density at radius 3 is 2.53 bits per heavy atom. The lowest BCUT2D eigenvalue weighted by molar-refractivity contribution is 0.102. The first-order valence-electron chi connectivity index (χ1n) is 5.23. The molecule has 98 valence electrons. The Bertz CT molecular complexity index is 626. The minimum absolute atomic E-state index is 0.0447. The monoisotopic (exact) mass is 283 g/mol. The van der Waals surface area contributed by atoms with E-state index in [1.54, 1.807) is 0 Å². The molecular formula is C13H8ClF2NO2. The van der Waals surface area contributed by atoms with Crippen LogP contribution in [0.4, 0.5) is 14.5 Å². The van der Waals surface area contributed by atoms with Crippen LogP contribution >= 0.6 is 11.6 Å². The minimum atomic E-state index is -0.891. The molecule has 0 saturated carbocycles. The summed E-state index contributed by atoms with van der Waals surface area (Å²) in [6.45, 7) is 0. The van der Waals surface area contributed by atoms with Crippen LogP contribution in [0.25, 0.3) is 0 Å². The number of nitrogens with one attached hydrogen (secondary N) is 1. The molecule has 6 heteroatoms. The number of hydrogen-bond acceptors (Lipinski definition) is 2. The molecule has 0 aliphatic heterocycles. The highest BCUT2D eigenvalue weighted by atomic mass is 35.5. The molecule has 0 heterocycles. The molecule has 3 nitrogen and oxygen atoms in total. The largest absolute Gasteiger partial charge is 0.505 e. The molecule has 0 unspecified atom stereocenters. The van der Waals surface area contributed by atoms with Crippen LogP contribution in [0, 0.1) is 11.6 Å². The van der Waals surface area contributed by atoms with Gasteiger partial charge in [-0.1, -0.05) is 17.7 Å². The predicted octanol–water partition coefficient (Wildman–Crippen LogP) is 3.58. The van der Waals surface area contributed by atoms with Gasteiger partial charge in [-0.25, -0.2) is 8.78 Å². The Morgan fingerprint density at radius 1 is 1.16 bits per heavy atom. The summed E-state index contributed by atoms with van der Waals surface area (Å²) in [5, 5.41) is 11.3. The molecule has 19 heavy (non-hydrogen) atoms. The number of amides is 1. The second-order valence-corrected chi connectivity index (χ2v) is 4.12. The molecular weight excluding hydrogens is 276 g/mol. The maximum absolute atomic E-state index is 13.5. The first-order chi connectivity index (χ1) is 8.99. The topological polar surface area (TPSA) is 49.3 Å². The molecule has 2 aromatic carbocycles. The number of rotatable bonds is 2. The van der Waals surface area contributed by atoms with Crippen molar-refractivity contribution < 1.29 is 18.7 Å². The van der Waals surface area contributed by atoms with Gasteiger partial charge in [-0.05, 0) is 24.3 Å². The summed E-state index contributed by atoms with van der Waals surface area (Å²) >= 11 is 5.73. The zero-order chi connectivity index (χ0) is 14.0. The van der Waals surface area contributed by atoms with Crippen molar-refractivity contribution in [2.24, 2.45) is 0 Å². The van der Waals surface area contributed by atoms with Gasteiger partial charge in [0.2, 0.25) is 0 Å². The van der Waals surface area contributed by atoms with Gasteiger partial charge in [0, 0.05) is 11.8 Å². The van der Waals surface area contributed by atoms with E-state index in [9.17, 15) is 13.6 Å². The number of hydrogen-bond donors (Lipinski definition) is 2. The minimum Gasteiger partial charge on any atom is -0.505 e. The van der Waals surface area contributed by atoms with E-state index in [0.717, 1.165) is 18.2 Å². The van der Waals surface area contributed by atoms with Crippen LogP contribution in [0.15, 0.2) is 36.4 Å². The maximum Gasteiger partial charge on any atom is 0.260 e. The maximum atomic E-state index is 13.5. The van der Waals surface area contributed by atoms with Gasteiger partial charge in [-0.15, -0.1) is 0 Å². The van der Waals surface area contributed by atoms with Crippen molar-refractivity contribution in [2.75, 3.05) is 5.32 Å². The van der Waals surface area contributed by atoms with Gasteiger partial charge < -0.3 is 10.4 Å². The fraction of sp³-hybridized carbons (Fsp3) is 0. The average Bonchev–Trinajstić information content (AvgIpc) is 2.33. The summed E-state index contributed by atoms with van der Waals surface area (Å²) in [6.07, 6.45) is 0. The molecule has 0 radical (unpaired) electrons. The Balaban J connectivity index is 2.28. The molecule has 0 aliphatic carbocycles. The van der Waals surface area contributed by atoms with Crippen LogP contribution in [0.1, 0.15) is 10.4 Å². The van der Waals surface area contributed by atoms with Crippen molar-refractivity contribution in [3.63, 3.8) is 0 Å². The van der Waals surface area contributed by atoms with Crippen molar-refractivity contribution in [1.82, 2.24) is 0 Å². The summed E-state index contributed by atoms with van der Waals surface area (Å²) in [5.74, 6) is -3.00. The number of halogens is 3. The number of phenolic OH excluding ortho intramolecular Hbond substituents is 1. The molecule has 2 rings (SSSR count). The van der Waals surface area contributed by atoms with Crippen LogP contribution in [-0.4, -0.2) is 11.0 Å². The van der Waals surface area contributed by atoms with Crippen molar-refractivity contribution in [2.45, 2.75) is 0 Å². The molecule has 0 aromatic heterocycles. The SMILES string of the molecule is O=C(Nc1ccc(O)c(F)c1)c1c(F)cccc1Cl. The lowest BCUT2D eigenvalue weighted by Crippen LogP contribution is -2.14. The van der Waals surface area contributed by atoms with E-state index in [0.29, 0.717) is 0 Å². The standard InChI is InChI=1S/C13H8ClF2NO2/c14-8-2-1-3-9(15)12(8)13(19)17-7-4-5-11(18)10(16)6-7/h1-6,18H,(H,17,19). The average molecular weight is 284 g/mol. The third-order valence-electron chi connectivity index (χ3n) is 2.40. The van der Waals surface area contributed by atoms with Crippen LogP contribution in [-0.2, 0) is 0 Å². The number of anilines is 1. The second kappa shape index (κ2) is 5.24. The van der Waals surface area contributed by atoms with Crippen molar-refractivity contribution in [1.29, 1.82) is 0 Å². The Kier molecular flexibility index (Phi) is 3.66. The Morgan fingerprint density at radius 2 is 1.89 bits per heavy atom. The third-order valence-corrected chi connectivity index (χ3v) is 2.71. The summed E-state index contributed by atoms with van der Waals surface area (Å²) in [7, 11) is 0. The highest BCUT2D eigenvalue weighted by Gasteiger charge is 2.16. The molecule has 0 spiro atoms. The quantitative estimate of drug-likeness (QED) is 0.828. The van der Waals surface area contributed by atoms with Gasteiger partial charge in [0.15, 0.2) is 11.6 Å². The van der Waals surface area contributed by atoms with E-state index in [1.807, 2.05) is 0 Å². The van der Waals surface area contributed by atoms with Crippen LogP contribution < -0.4 is 5.32 Å². The van der Waals surface area contributed by atoms with Gasteiger partial charge in [0.25, 0.3) is 5.91 Å². The lowest BCUT2D eigenvalue weighted by atomic mass is 10.2. The molecule has 2 N–H and O–H groups in total. The van der Waals surface area contributed by atoms with Gasteiger partial charge in [-0.3, -0.25) is 4.79 Å². The second-order valence-electron chi connectivity index (χ2n) is 3.72. The van der Waals surface area contributed by atoms with Crippen LogP contribution in [0.5, 0.6) is 5.75 Å². The number of carbonyl (C=O) groups excluding carboxylic acids is 1. The molecule has 0 bridgehead atoms. The molecule has 1 amide bonds. The first-order valence-corrected chi connectivity index (χ1v) is 5.60. The highest BCUT2D eigenvalue weighted by molar-refractivity contribution is 6.34. The predicted molar refractivity (Wildman–Crippen MR) is 67.4 cm³/mol. The van der Waals surface area contributed by atoms with Gasteiger partial charge in [0.05, 0.1) is 10.6 Å². The summed E-state index contributed by atoms with van der Waals surface area (Å²) < 4.78 is 26.6. The van der Waals surface area contributed by atoms with Crippen LogP contribution in [0.3, 0.4) is 0 Å². The summed E-state index contributed by atoms with van der Waals surface area (Å²) in [6, 6.07) is 7.12. The van der Waals surface area contributed by atoms with E-state index in [1.165, 1.54) is 18.2 Å². The highest BCUT2D eigenvalue weighted by Crippen LogP contribution is 2.23. The number of benzene rings is 2. The number of aromatic hydroxyl groups is 1. The van der Waals surface area contributed by atoms with E-state index in [-0.39, 0.29) is 16.3 Å². The molecule has 0 fully saturated rings. The van der Waals surface area contributed by atoms with Gasteiger partial charge in [-0.2, -0.15) is 0 Å². The zero-order valence-electron chi connectivity index (χ0n) is 9.45. The van der Waals surface area contributed by atoms with Crippen molar-refractivity contribution >= 4 is 23.2 Å². The zero-order valence-corrected chi connectivity index (χ0v) is 10.2. The first kappa shape index (κ1) is 13.3. The third kappa shape index (κ3) is 2.82. The fourth-order valence-electron chi connectivity index (χ4n) is 1.49. The lowest BCUT2D eigenvalue weighted by Gasteiger charge is -2.08. The van der Waals surface area contributed by atoms with E-state index < -0.39 is 23.3 Å². The molecule has 0 atom stereocenters. The summed E-state index contributed by atoms with van der Waals surface area (Å²) in [4.78, 5) is 11.8. The van der Waals surface area contributed by atoms with E-state index in [2.05, 4.69) is 5.32 Å². The normalized spacial score (nSPS) is 10.3. The van der Waals surface area contributed by atoms with Gasteiger partial charge in [0.1, 0.15) is 5.82 Å². The molecule has 2 aromatic rings. The summed E-state index contributed by atoms with van der Waals surface area (Å²) in [5.41, 5.74) is -0.239. The molecule has 0 aliphatic rings. The Labute approximate surface area is 112 Å². The van der Waals surface area contributed by atoms with Gasteiger partial charge >= 0.3 is 0 Å². The number of phenols is 1. The van der Waals surface area contributed by atoms with Crippen molar-refractivity contribution in [3.8, 4) is 5.75 Å².